The number of hydrogen-bond acceptors (Lipinski definition) is 3. The summed E-state index contributed by atoms with van der Waals surface area (Å²) in [4.78, 5) is 16.5. The Morgan fingerprint density at radius 3 is 2.75 bits per heavy atom. The molecule has 0 saturated heterocycles. The first-order valence-corrected chi connectivity index (χ1v) is 12.3. The van der Waals surface area contributed by atoms with Crippen molar-refractivity contribution in [3.05, 3.63) is 100 Å². The minimum absolute atomic E-state index is 0.226. The molecule has 1 aliphatic heterocycles. The van der Waals surface area contributed by atoms with Gasteiger partial charge in [-0.15, -0.1) is 0 Å². The molecule has 0 spiro atoms. The maximum absolute atomic E-state index is 13.6. The summed E-state index contributed by atoms with van der Waals surface area (Å²) >= 11 is 0. The summed E-state index contributed by atoms with van der Waals surface area (Å²) in [5.41, 5.74) is 5.08. The Labute approximate surface area is 209 Å². The first-order chi connectivity index (χ1) is 17.6. The van der Waals surface area contributed by atoms with E-state index in [9.17, 15) is 14.3 Å². The number of rotatable bonds is 7. The largest absolute Gasteiger partial charge is 0.492 e. The van der Waals surface area contributed by atoms with Crippen LogP contribution in [0.3, 0.4) is 0 Å². The van der Waals surface area contributed by atoms with Gasteiger partial charge >= 0.3 is 0 Å². The van der Waals surface area contributed by atoms with Crippen LogP contribution in [-0.2, 0) is 12.8 Å². The lowest BCUT2D eigenvalue weighted by Crippen LogP contribution is -2.39. The average molecular weight is 485 g/mol. The third-order valence-electron chi connectivity index (χ3n) is 6.54. The summed E-state index contributed by atoms with van der Waals surface area (Å²) in [6.07, 6.45) is 9.01. The standard InChI is InChI=1S/C30H29FN2O3/c31-24-11-12-26-23(18-32-28(26)17-24)16-25(19-34)33-30(35)27-15-21(10-9-20-6-2-1-3-7-20)14-22-8-4-5-13-36-29(22)27/h1-3,6-7,9-12,14-15,17-18,25,32,34H,4-5,8,13,16,19H2,(H,33,35)/b10-9+. The van der Waals surface area contributed by atoms with Crippen molar-refractivity contribution >= 4 is 29.0 Å². The molecule has 0 saturated carbocycles. The lowest BCUT2D eigenvalue weighted by atomic mass is 9.98. The molecule has 1 amide bonds. The van der Waals surface area contributed by atoms with E-state index in [2.05, 4.69) is 16.4 Å². The van der Waals surface area contributed by atoms with E-state index in [1.165, 1.54) is 12.1 Å². The fraction of sp³-hybridized carbons (Fsp3) is 0.233. The van der Waals surface area contributed by atoms with Gasteiger partial charge in [-0.1, -0.05) is 42.5 Å². The van der Waals surface area contributed by atoms with Gasteiger partial charge < -0.3 is 20.1 Å². The highest BCUT2D eigenvalue weighted by Gasteiger charge is 2.22. The molecule has 0 aliphatic carbocycles. The highest BCUT2D eigenvalue weighted by molar-refractivity contribution is 5.98. The van der Waals surface area contributed by atoms with Crippen LogP contribution in [-0.4, -0.2) is 35.3 Å². The zero-order chi connectivity index (χ0) is 24.9. The smallest absolute Gasteiger partial charge is 0.255 e. The van der Waals surface area contributed by atoms with Crippen LogP contribution in [0.2, 0.25) is 0 Å². The predicted molar refractivity (Wildman–Crippen MR) is 141 cm³/mol. The molecule has 0 radical (unpaired) electrons. The molecule has 1 atom stereocenters. The Bertz CT molecular complexity index is 1390. The molecular formula is C30H29FN2O3. The van der Waals surface area contributed by atoms with Gasteiger partial charge in [-0.05, 0) is 78.3 Å². The van der Waals surface area contributed by atoms with E-state index in [0.29, 0.717) is 29.9 Å². The summed E-state index contributed by atoms with van der Waals surface area (Å²) in [5, 5.41) is 13.9. The van der Waals surface area contributed by atoms with Crippen LogP contribution < -0.4 is 10.1 Å². The lowest BCUT2D eigenvalue weighted by Gasteiger charge is -2.19. The SMILES string of the molecule is O=C(NC(CO)Cc1c[nH]c2cc(F)ccc12)c1cc(/C=C/c2ccccc2)cc2c1OCCCC2. The van der Waals surface area contributed by atoms with Crippen molar-refractivity contribution in [2.75, 3.05) is 13.2 Å². The Morgan fingerprint density at radius 1 is 1.08 bits per heavy atom. The summed E-state index contributed by atoms with van der Waals surface area (Å²) in [7, 11) is 0. The number of H-pyrrole nitrogens is 1. The summed E-state index contributed by atoms with van der Waals surface area (Å²) in [6, 6.07) is 18.0. The van der Waals surface area contributed by atoms with Crippen LogP contribution in [0.25, 0.3) is 23.1 Å². The third-order valence-corrected chi connectivity index (χ3v) is 6.54. The van der Waals surface area contributed by atoms with Crippen molar-refractivity contribution in [3.63, 3.8) is 0 Å². The monoisotopic (exact) mass is 484 g/mol. The summed E-state index contributed by atoms with van der Waals surface area (Å²) < 4.78 is 19.6. The Hall–Kier alpha value is -3.90. The van der Waals surface area contributed by atoms with Crippen molar-refractivity contribution in [1.82, 2.24) is 10.3 Å². The second-order valence-electron chi connectivity index (χ2n) is 9.17. The van der Waals surface area contributed by atoms with Crippen molar-refractivity contribution in [1.29, 1.82) is 0 Å². The molecular weight excluding hydrogens is 455 g/mol. The molecule has 1 aromatic heterocycles. The van der Waals surface area contributed by atoms with Gasteiger partial charge in [0.1, 0.15) is 11.6 Å². The topological polar surface area (TPSA) is 74.4 Å². The van der Waals surface area contributed by atoms with E-state index in [-0.39, 0.29) is 18.3 Å². The molecule has 3 aromatic carbocycles. The molecule has 184 valence electrons. The van der Waals surface area contributed by atoms with Gasteiger partial charge in [-0.25, -0.2) is 4.39 Å². The zero-order valence-corrected chi connectivity index (χ0v) is 20.0. The van der Waals surface area contributed by atoms with Crippen LogP contribution >= 0.6 is 0 Å². The van der Waals surface area contributed by atoms with Crippen molar-refractivity contribution in [2.45, 2.75) is 31.7 Å². The Morgan fingerprint density at radius 2 is 1.92 bits per heavy atom. The van der Waals surface area contributed by atoms with E-state index in [1.807, 2.05) is 48.6 Å². The molecule has 3 N–H and O–H groups in total. The molecule has 1 aliphatic rings. The fourth-order valence-electron chi connectivity index (χ4n) is 4.70. The molecule has 0 fully saturated rings. The van der Waals surface area contributed by atoms with Crippen molar-refractivity contribution in [3.8, 4) is 5.75 Å². The van der Waals surface area contributed by atoms with Gasteiger partial charge in [0.2, 0.25) is 0 Å². The number of hydrogen-bond donors (Lipinski definition) is 3. The molecule has 0 bridgehead atoms. The van der Waals surface area contributed by atoms with Crippen LogP contribution in [0.1, 0.15) is 45.5 Å². The van der Waals surface area contributed by atoms with Gasteiger partial charge in [0.05, 0.1) is 24.8 Å². The molecule has 2 heterocycles. The Kier molecular flexibility index (Phi) is 7.14. The minimum atomic E-state index is -0.508. The van der Waals surface area contributed by atoms with Gasteiger partial charge in [0.15, 0.2) is 0 Å². The van der Waals surface area contributed by atoms with Gasteiger partial charge in [0.25, 0.3) is 5.91 Å². The van der Waals surface area contributed by atoms with E-state index in [0.717, 1.165) is 46.9 Å². The van der Waals surface area contributed by atoms with E-state index >= 15 is 0 Å². The number of amides is 1. The molecule has 5 nitrogen and oxygen atoms in total. The van der Waals surface area contributed by atoms with E-state index in [1.54, 1.807) is 12.3 Å². The number of carbonyl (C=O) groups is 1. The quantitative estimate of drug-likeness (QED) is 0.302. The number of nitrogens with one attached hydrogen (secondary N) is 2. The molecule has 4 aromatic rings. The first-order valence-electron chi connectivity index (χ1n) is 12.3. The lowest BCUT2D eigenvalue weighted by molar-refractivity contribution is 0.0912. The number of aliphatic hydroxyl groups excluding tert-OH is 1. The van der Waals surface area contributed by atoms with Crippen molar-refractivity contribution in [2.24, 2.45) is 0 Å². The van der Waals surface area contributed by atoms with Gasteiger partial charge in [-0.3, -0.25) is 4.79 Å². The number of fused-ring (bicyclic) bond motifs is 2. The van der Waals surface area contributed by atoms with Gasteiger partial charge in [-0.2, -0.15) is 0 Å². The highest BCUT2D eigenvalue weighted by Crippen LogP contribution is 2.31. The number of halogens is 1. The molecule has 36 heavy (non-hydrogen) atoms. The predicted octanol–water partition coefficient (Wildman–Crippen LogP) is 5.53. The van der Waals surface area contributed by atoms with Gasteiger partial charge in [0, 0.05) is 17.1 Å². The molecule has 5 rings (SSSR count). The second-order valence-corrected chi connectivity index (χ2v) is 9.17. The number of aryl methyl sites for hydroxylation is 1. The first kappa shape index (κ1) is 23.8. The maximum Gasteiger partial charge on any atom is 0.255 e. The number of ether oxygens (including phenoxy) is 1. The van der Waals surface area contributed by atoms with Crippen LogP contribution in [0.4, 0.5) is 4.39 Å². The molecule has 1 unspecified atom stereocenters. The fourth-order valence-corrected chi connectivity index (χ4v) is 4.70. The van der Waals surface area contributed by atoms with E-state index < -0.39 is 6.04 Å². The highest BCUT2D eigenvalue weighted by atomic mass is 19.1. The number of aromatic amines is 1. The van der Waals surface area contributed by atoms with E-state index in [4.69, 9.17) is 4.74 Å². The minimum Gasteiger partial charge on any atom is -0.492 e. The molecule has 6 heteroatoms. The number of benzene rings is 3. The zero-order valence-electron chi connectivity index (χ0n) is 20.0. The van der Waals surface area contributed by atoms with Crippen LogP contribution in [0, 0.1) is 5.82 Å². The number of aliphatic hydroxyl groups is 1. The van der Waals surface area contributed by atoms with Crippen LogP contribution in [0.15, 0.2) is 66.9 Å². The number of carbonyl (C=O) groups excluding carboxylic acids is 1. The Balaban J connectivity index is 1.41. The maximum atomic E-state index is 13.6. The normalized spacial score (nSPS) is 14.3. The van der Waals surface area contributed by atoms with Crippen LogP contribution in [0.5, 0.6) is 5.75 Å². The third kappa shape index (κ3) is 5.34. The number of aromatic nitrogens is 1. The second kappa shape index (κ2) is 10.8. The van der Waals surface area contributed by atoms with Crippen molar-refractivity contribution < 1.29 is 19.0 Å². The summed E-state index contributed by atoms with van der Waals surface area (Å²) in [6.45, 7) is 0.345. The average Bonchev–Trinajstić information content (AvgIpc) is 3.12. The summed E-state index contributed by atoms with van der Waals surface area (Å²) in [5.74, 6) is 0.0268.